The number of benzene rings is 2. The molecule has 1 heterocycles. The molecule has 4 atom stereocenters. The Kier molecular flexibility index (Phi) is 17.1. The average Bonchev–Trinajstić information content (AvgIpc) is 3.67. The number of carboxylic acids is 1. The molecule has 2 aromatic carbocycles. The van der Waals surface area contributed by atoms with Gasteiger partial charge in [0, 0.05) is 37.1 Å². The van der Waals surface area contributed by atoms with Crippen molar-refractivity contribution in [2.45, 2.75) is 75.7 Å². The number of aliphatic carboxylic acids is 1. The van der Waals surface area contributed by atoms with Gasteiger partial charge in [-0.2, -0.15) is 0 Å². The zero-order valence-electron chi connectivity index (χ0n) is 29.0. The van der Waals surface area contributed by atoms with Crippen molar-refractivity contribution in [3.05, 3.63) is 71.9 Å². The van der Waals surface area contributed by atoms with Crippen LogP contribution in [0.5, 0.6) is 0 Å². The molecule has 3 aromatic rings. The number of aromatic nitrogens is 1. The average molecular weight is 716 g/mol. The minimum absolute atomic E-state index is 0. The van der Waals surface area contributed by atoms with Crippen LogP contribution in [0, 0.1) is 5.41 Å². The number of carbonyl (C=O) groups excluding carboxylic acids is 3. The Hall–Kier alpha value is -2.36. The second-order valence-electron chi connectivity index (χ2n) is 12.7. The summed E-state index contributed by atoms with van der Waals surface area (Å²) in [7, 11) is -8.50. The number of nitrogens with two attached hydrogens (primary N) is 1. The van der Waals surface area contributed by atoms with Crippen molar-refractivity contribution >= 4 is 46.1 Å². The summed E-state index contributed by atoms with van der Waals surface area (Å²) in [6, 6.07) is 13.3. The van der Waals surface area contributed by atoms with E-state index in [0.29, 0.717) is 43.4 Å². The Labute approximate surface area is 317 Å². The monoisotopic (exact) mass is 715 g/mol. The number of hydrogen-bond acceptors (Lipinski definition) is 9. The number of fused-ring (bicyclic) bond motifs is 1. The molecule has 17 heteroatoms. The van der Waals surface area contributed by atoms with Gasteiger partial charge in [-0.15, -0.1) is 0 Å². The number of aromatic amines is 1. The molecule has 13 nitrogen and oxygen atoms in total. The summed E-state index contributed by atoms with van der Waals surface area (Å²) >= 11 is 0. The molecule has 0 aliphatic heterocycles. The van der Waals surface area contributed by atoms with Crippen LogP contribution >= 0.6 is 7.37 Å². The van der Waals surface area contributed by atoms with Gasteiger partial charge in [0.2, 0.25) is 21.8 Å². The van der Waals surface area contributed by atoms with E-state index in [2.05, 4.69) is 20.3 Å². The molecule has 262 valence electrons. The van der Waals surface area contributed by atoms with Crippen LogP contribution in [0.3, 0.4) is 0 Å². The van der Waals surface area contributed by atoms with Crippen molar-refractivity contribution < 1.29 is 75.1 Å². The molecule has 0 bridgehead atoms. The van der Waals surface area contributed by atoms with Crippen molar-refractivity contribution in [3.8, 4) is 0 Å². The first-order valence-electron chi connectivity index (χ1n) is 16.1. The largest absolute Gasteiger partial charge is 1.00 e. The van der Waals surface area contributed by atoms with E-state index >= 15 is 0 Å². The van der Waals surface area contributed by atoms with Gasteiger partial charge in [-0.3, -0.25) is 9.59 Å². The molecule has 1 aliphatic rings. The molecule has 4 rings (SSSR count). The number of unbranched alkanes of at least 4 members (excludes halogenated alkanes) is 1. The van der Waals surface area contributed by atoms with Gasteiger partial charge in [0.15, 0.2) is 0 Å². The quantitative estimate of drug-likeness (QED) is 0.0482. The van der Waals surface area contributed by atoms with Crippen LogP contribution in [-0.4, -0.2) is 68.0 Å². The molecule has 1 aliphatic carbocycles. The van der Waals surface area contributed by atoms with Gasteiger partial charge in [0.05, 0.1) is 29.5 Å². The summed E-state index contributed by atoms with van der Waals surface area (Å²) in [4.78, 5) is 57.0. The van der Waals surface area contributed by atoms with E-state index in [1.165, 1.54) is 0 Å². The van der Waals surface area contributed by atoms with Gasteiger partial charge in [-0.1, -0.05) is 67.8 Å². The number of amides is 2. The number of carbonyl (C=O) groups is 3. The molecule has 2 amide bonds. The molecule has 1 unspecified atom stereocenters. The second kappa shape index (κ2) is 19.5. The van der Waals surface area contributed by atoms with E-state index in [9.17, 15) is 37.4 Å². The summed E-state index contributed by atoms with van der Waals surface area (Å²) in [5.41, 5.74) is 6.20. The van der Waals surface area contributed by atoms with Gasteiger partial charge in [-0.25, -0.2) is 13.1 Å². The third kappa shape index (κ3) is 12.1. The Morgan fingerprint density at radius 3 is 2.22 bits per heavy atom. The fourth-order valence-corrected chi connectivity index (χ4v) is 9.53. The first-order valence-corrected chi connectivity index (χ1v) is 19.9. The zero-order valence-corrected chi connectivity index (χ0v) is 30.7. The van der Waals surface area contributed by atoms with Crippen LogP contribution in [0.25, 0.3) is 10.9 Å². The fourth-order valence-electron chi connectivity index (χ4n) is 6.45. The number of hydrogen-bond donors (Lipinski definition) is 5. The van der Waals surface area contributed by atoms with Crippen LogP contribution in [0.4, 0.5) is 0 Å². The number of carboxylic acid groups (broad SMARTS) is 1. The molecular weight excluding hydrogens is 671 g/mol. The van der Waals surface area contributed by atoms with E-state index in [1.54, 1.807) is 36.5 Å². The van der Waals surface area contributed by atoms with E-state index in [4.69, 9.17) is 5.73 Å². The maximum atomic E-state index is 14.3. The first kappa shape index (κ1) is 43.8. The van der Waals surface area contributed by atoms with E-state index < -0.39 is 64.6 Å². The Morgan fingerprint density at radius 2 is 1.60 bits per heavy atom. The summed E-state index contributed by atoms with van der Waals surface area (Å²) in [6.45, 7) is 0.338. The molecule has 0 radical (unpaired) electrons. The van der Waals surface area contributed by atoms with Crippen molar-refractivity contribution in [1.29, 1.82) is 0 Å². The standard InChI is InChI=1S/C33H46N5O8PS.2Li/c1-48(45,46)38-27(15-7-10-18-34)30(39)37-29(19-23-11-3-2-4-12-23)47(43,44)22-33(16-8-9-17-33)32(42)36-28(31(40)41)20-24-21-35-26-14-6-5-13-25(24)26;;/h2-6,11-14,21,27-29,35,38H,7-10,15-20,22,34H2,1H3,(H,36,42)(H,37,39)(H,40,41)(H,43,44);;/q;2*+1/p-2/t27-,28-,29+;;/m0../s1. The summed E-state index contributed by atoms with van der Waals surface area (Å²) in [5.74, 6) is -4.48. The number of para-hydroxylation sites is 1. The van der Waals surface area contributed by atoms with E-state index in [-0.39, 0.29) is 69.8 Å². The van der Waals surface area contributed by atoms with Gasteiger partial charge >= 0.3 is 37.7 Å². The van der Waals surface area contributed by atoms with Crippen LogP contribution in [0.15, 0.2) is 60.8 Å². The van der Waals surface area contributed by atoms with Gasteiger partial charge in [0.1, 0.15) is 6.04 Å². The van der Waals surface area contributed by atoms with Crippen molar-refractivity contribution in [2.24, 2.45) is 11.1 Å². The molecular formula is C33H44Li2N5O8PS. The van der Waals surface area contributed by atoms with E-state index in [0.717, 1.165) is 17.2 Å². The molecule has 0 spiro atoms. The molecule has 1 aromatic heterocycles. The van der Waals surface area contributed by atoms with Gasteiger partial charge in [-0.05, 0) is 55.8 Å². The number of sulfonamides is 1. The van der Waals surface area contributed by atoms with Crippen molar-refractivity contribution in [2.75, 3.05) is 19.0 Å². The Morgan fingerprint density at radius 1 is 0.960 bits per heavy atom. The Bertz CT molecular complexity index is 1740. The van der Waals surface area contributed by atoms with Crippen molar-refractivity contribution in [1.82, 2.24) is 20.3 Å². The van der Waals surface area contributed by atoms with Crippen LogP contribution in [0.2, 0.25) is 0 Å². The summed E-state index contributed by atoms with van der Waals surface area (Å²) in [5, 5.41) is 18.2. The maximum absolute atomic E-state index is 14.3. The summed E-state index contributed by atoms with van der Waals surface area (Å²) < 4.78 is 40.7. The second-order valence-corrected chi connectivity index (χ2v) is 16.9. The minimum Gasteiger partial charge on any atom is -0.798 e. The number of rotatable bonds is 18. The SMILES string of the molecule is CS(=O)(=O)N[C@@H](CCCCN)C(=O)N[C@@H](Cc1ccccc1)P(=O)([O-])CC1(C(=O)N[C@@H](Cc2c[nH]c3ccccc23)C(=O)[O-])CCCC1.[Li+].[Li+]. The maximum Gasteiger partial charge on any atom is 1.00 e. The fraction of sp³-hybridized carbons (Fsp3) is 0.485. The molecule has 0 saturated heterocycles. The van der Waals surface area contributed by atoms with Crippen LogP contribution in [-0.2, 0) is 41.8 Å². The first-order chi connectivity index (χ1) is 22.7. The minimum atomic E-state index is -4.68. The number of nitrogens with one attached hydrogen (secondary N) is 4. The molecule has 1 fully saturated rings. The molecule has 1 saturated carbocycles. The normalized spacial score (nSPS) is 16.9. The van der Waals surface area contributed by atoms with Gasteiger partial charge in [0.25, 0.3) is 0 Å². The third-order valence-corrected chi connectivity index (χ3v) is 11.9. The predicted octanol–water partition coefficient (Wildman–Crippen LogP) is -5.12. The summed E-state index contributed by atoms with van der Waals surface area (Å²) in [6.07, 6.45) is 4.37. The topological polar surface area (TPSA) is 226 Å². The zero-order chi connectivity index (χ0) is 35.0. The van der Waals surface area contributed by atoms with E-state index in [1.807, 2.05) is 24.3 Å². The predicted molar refractivity (Wildman–Crippen MR) is 179 cm³/mol. The van der Waals surface area contributed by atoms with Gasteiger partial charge < -0.3 is 40.7 Å². The molecule has 6 N–H and O–H groups in total. The molecule has 50 heavy (non-hydrogen) atoms. The number of H-pyrrole nitrogens is 1. The third-order valence-electron chi connectivity index (χ3n) is 8.93. The smallest absolute Gasteiger partial charge is 0.798 e. The Balaban J connectivity index is 0.00000433. The van der Waals surface area contributed by atoms with Crippen molar-refractivity contribution in [3.63, 3.8) is 0 Å². The van der Waals surface area contributed by atoms with Crippen LogP contribution < -0.4 is 68.8 Å². The van der Waals surface area contributed by atoms with Crippen LogP contribution in [0.1, 0.15) is 56.1 Å².